The second kappa shape index (κ2) is 6.57. The predicted octanol–water partition coefficient (Wildman–Crippen LogP) is 2.06. The maximum atomic E-state index is 12.5. The Hall–Kier alpha value is -2.26. The molecule has 0 saturated carbocycles. The number of carbonyl (C=O) groups is 1. The Morgan fingerprint density at radius 2 is 2.04 bits per heavy atom. The van der Waals surface area contributed by atoms with Gasteiger partial charge in [-0.3, -0.25) is 9.36 Å². The summed E-state index contributed by atoms with van der Waals surface area (Å²) in [6.07, 6.45) is 3.51. The first-order valence-electron chi connectivity index (χ1n) is 8.12. The molecule has 130 valence electrons. The number of hydrogen-bond acceptors (Lipinski definition) is 7. The monoisotopic (exact) mass is 375 g/mol. The number of aromatic nitrogens is 3. The largest absolute Gasteiger partial charge is 0.368 e. The number of carbonyl (C=O) groups excluding carboxylic acids is 1. The average Bonchev–Trinajstić information content (AvgIpc) is 3.27. The summed E-state index contributed by atoms with van der Waals surface area (Å²) in [4.78, 5) is 36.6. The molecular formula is C16H17N5O2S2. The summed E-state index contributed by atoms with van der Waals surface area (Å²) in [5.41, 5.74) is 6.09. The number of piperidine rings is 1. The fraction of sp³-hybridized carbons (Fsp3) is 0.375. The minimum atomic E-state index is -0.568. The smallest absolute Gasteiger partial charge is 0.349 e. The number of thiophene rings is 1. The Morgan fingerprint density at radius 1 is 1.24 bits per heavy atom. The van der Waals surface area contributed by atoms with Crippen molar-refractivity contribution in [2.24, 2.45) is 5.73 Å². The van der Waals surface area contributed by atoms with Crippen LogP contribution in [0.3, 0.4) is 0 Å². The number of thiazole rings is 1. The third-order valence-electron chi connectivity index (χ3n) is 4.20. The van der Waals surface area contributed by atoms with Gasteiger partial charge in [0.25, 0.3) is 0 Å². The first-order valence-corrected chi connectivity index (χ1v) is 9.81. The normalized spacial score (nSPS) is 15.0. The van der Waals surface area contributed by atoms with Gasteiger partial charge >= 0.3 is 5.69 Å². The third-order valence-corrected chi connectivity index (χ3v) is 6.22. The Bertz CT molecular complexity index is 970. The molecule has 3 aromatic heterocycles. The van der Waals surface area contributed by atoms with Gasteiger partial charge in [-0.15, -0.1) is 11.3 Å². The summed E-state index contributed by atoms with van der Waals surface area (Å²) in [6, 6.07) is 3.84. The van der Waals surface area contributed by atoms with Crippen LogP contribution in [0.2, 0.25) is 0 Å². The molecule has 1 aliphatic rings. The lowest BCUT2D eigenvalue weighted by molar-refractivity contribution is -0.118. The SMILES string of the molecule is NC(=O)Cn1c(=O)nc(-c2cccs2)c2nc(N3CCCCC3)sc21. The molecule has 0 aromatic carbocycles. The van der Waals surface area contributed by atoms with E-state index in [4.69, 9.17) is 10.7 Å². The van der Waals surface area contributed by atoms with Crippen molar-refractivity contribution < 1.29 is 4.79 Å². The number of rotatable bonds is 4. The Kier molecular flexibility index (Phi) is 4.26. The van der Waals surface area contributed by atoms with E-state index in [0.29, 0.717) is 16.0 Å². The molecule has 3 aromatic rings. The number of nitrogens with two attached hydrogens (primary N) is 1. The van der Waals surface area contributed by atoms with Crippen LogP contribution in [0.5, 0.6) is 0 Å². The number of amides is 1. The zero-order valence-electron chi connectivity index (χ0n) is 13.5. The van der Waals surface area contributed by atoms with Crippen LogP contribution in [0, 0.1) is 0 Å². The fourth-order valence-corrected chi connectivity index (χ4v) is 4.86. The summed E-state index contributed by atoms with van der Waals surface area (Å²) >= 11 is 2.95. The number of nitrogens with zero attached hydrogens (tertiary/aromatic N) is 4. The molecule has 0 unspecified atom stereocenters. The highest BCUT2D eigenvalue weighted by atomic mass is 32.1. The van der Waals surface area contributed by atoms with Gasteiger partial charge in [0.15, 0.2) is 5.13 Å². The van der Waals surface area contributed by atoms with E-state index in [1.807, 2.05) is 17.5 Å². The first kappa shape index (κ1) is 16.2. The summed E-state index contributed by atoms with van der Waals surface area (Å²) in [5.74, 6) is -0.568. The van der Waals surface area contributed by atoms with E-state index in [9.17, 15) is 9.59 Å². The highest BCUT2D eigenvalue weighted by molar-refractivity contribution is 7.22. The topological polar surface area (TPSA) is 94.1 Å². The van der Waals surface area contributed by atoms with E-state index in [1.54, 1.807) is 0 Å². The first-order chi connectivity index (χ1) is 12.1. The van der Waals surface area contributed by atoms with Crippen LogP contribution in [-0.2, 0) is 11.3 Å². The predicted molar refractivity (Wildman–Crippen MR) is 100 cm³/mol. The van der Waals surface area contributed by atoms with Gasteiger partial charge in [-0.1, -0.05) is 17.4 Å². The molecule has 4 rings (SSSR count). The van der Waals surface area contributed by atoms with Crippen molar-refractivity contribution in [3.63, 3.8) is 0 Å². The van der Waals surface area contributed by atoms with Gasteiger partial charge < -0.3 is 10.6 Å². The van der Waals surface area contributed by atoms with Crippen molar-refractivity contribution in [1.29, 1.82) is 0 Å². The number of hydrogen-bond donors (Lipinski definition) is 1. The Balaban J connectivity index is 1.92. The van der Waals surface area contributed by atoms with Crippen molar-refractivity contribution in [2.75, 3.05) is 18.0 Å². The van der Waals surface area contributed by atoms with Crippen LogP contribution >= 0.6 is 22.7 Å². The Morgan fingerprint density at radius 3 is 2.72 bits per heavy atom. The Labute approximate surface area is 151 Å². The zero-order valence-corrected chi connectivity index (χ0v) is 15.1. The molecule has 7 nitrogen and oxygen atoms in total. The molecule has 1 fully saturated rings. The number of primary amides is 1. The lowest BCUT2D eigenvalue weighted by Gasteiger charge is -2.25. The minimum absolute atomic E-state index is 0.186. The van der Waals surface area contributed by atoms with Crippen LogP contribution in [0.1, 0.15) is 19.3 Å². The lowest BCUT2D eigenvalue weighted by atomic mass is 10.1. The van der Waals surface area contributed by atoms with Crippen LogP contribution < -0.4 is 16.3 Å². The second-order valence-corrected chi connectivity index (χ2v) is 7.87. The van der Waals surface area contributed by atoms with Gasteiger partial charge in [0, 0.05) is 13.1 Å². The summed E-state index contributed by atoms with van der Waals surface area (Å²) < 4.78 is 1.33. The zero-order chi connectivity index (χ0) is 17.4. The highest BCUT2D eigenvalue weighted by Gasteiger charge is 2.22. The van der Waals surface area contributed by atoms with E-state index in [0.717, 1.165) is 35.9 Å². The molecule has 4 heterocycles. The molecule has 0 atom stereocenters. The van der Waals surface area contributed by atoms with Gasteiger partial charge in [0.05, 0.1) is 4.88 Å². The maximum Gasteiger partial charge on any atom is 0.349 e. The van der Waals surface area contributed by atoms with Crippen molar-refractivity contribution in [3.05, 3.63) is 28.0 Å². The molecule has 0 aliphatic carbocycles. The molecule has 0 radical (unpaired) electrons. The van der Waals surface area contributed by atoms with Gasteiger partial charge in [-0.05, 0) is 30.7 Å². The summed E-state index contributed by atoms with van der Waals surface area (Å²) in [5, 5.41) is 2.81. The summed E-state index contributed by atoms with van der Waals surface area (Å²) in [7, 11) is 0. The number of anilines is 1. The second-order valence-electron chi connectivity index (χ2n) is 5.97. The van der Waals surface area contributed by atoms with Crippen molar-refractivity contribution in [3.8, 4) is 10.6 Å². The van der Waals surface area contributed by atoms with E-state index in [1.165, 1.54) is 33.7 Å². The third kappa shape index (κ3) is 3.05. The van der Waals surface area contributed by atoms with Gasteiger partial charge in [-0.25, -0.2) is 9.78 Å². The van der Waals surface area contributed by atoms with Gasteiger partial charge in [0.2, 0.25) is 5.91 Å². The van der Waals surface area contributed by atoms with E-state index in [2.05, 4.69) is 9.88 Å². The molecule has 0 spiro atoms. The van der Waals surface area contributed by atoms with Crippen LogP contribution in [0.4, 0.5) is 5.13 Å². The molecule has 9 heteroatoms. The quantitative estimate of drug-likeness (QED) is 0.753. The lowest BCUT2D eigenvalue weighted by Crippen LogP contribution is -2.29. The standard InChI is InChI=1S/C16H17N5O2S2/c17-11(22)9-21-14-13(12(18-15(21)23)10-5-4-8-24-10)19-16(25-14)20-6-2-1-3-7-20/h4-5,8H,1-3,6-7,9H2,(H2,17,22). The molecule has 2 N–H and O–H groups in total. The van der Waals surface area contributed by atoms with Crippen molar-refractivity contribution in [1.82, 2.24) is 14.5 Å². The van der Waals surface area contributed by atoms with Crippen LogP contribution in [0.15, 0.2) is 22.3 Å². The van der Waals surface area contributed by atoms with Crippen LogP contribution in [-0.4, -0.2) is 33.5 Å². The molecular weight excluding hydrogens is 358 g/mol. The molecule has 25 heavy (non-hydrogen) atoms. The van der Waals surface area contributed by atoms with Gasteiger partial charge in [-0.2, -0.15) is 4.98 Å². The molecule has 1 amide bonds. The van der Waals surface area contributed by atoms with Crippen LogP contribution in [0.25, 0.3) is 20.9 Å². The fourth-order valence-electron chi connectivity index (χ4n) is 3.03. The highest BCUT2D eigenvalue weighted by Crippen LogP contribution is 2.35. The average molecular weight is 375 g/mol. The molecule has 1 aliphatic heterocycles. The van der Waals surface area contributed by atoms with Crippen molar-refractivity contribution >= 4 is 44.1 Å². The van der Waals surface area contributed by atoms with E-state index < -0.39 is 11.6 Å². The van der Waals surface area contributed by atoms with Gasteiger partial charge in [0.1, 0.15) is 22.6 Å². The number of fused-ring (bicyclic) bond motifs is 1. The molecule has 1 saturated heterocycles. The minimum Gasteiger partial charge on any atom is -0.368 e. The maximum absolute atomic E-state index is 12.5. The van der Waals surface area contributed by atoms with E-state index in [-0.39, 0.29) is 6.54 Å². The molecule has 0 bridgehead atoms. The van der Waals surface area contributed by atoms with E-state index >= 15 is 0 Å². The summed E-state index contributed by atoms with van der Waals surface area (Å²) in [6.45, 7) is 1.73. The van der Waals surface area contributed by atoms with Crippen molar-refractivity contribution in [2.45, 2.75) is 25.8 Å².